The summed E-state index contributed by atoms with van der Waals surface area (Å²) in [6.45, 7) is 5.90. The number of aromatic carboxylic acids is 1. The fourth-order valence-corrected chi connectivity index (χ4v) is 2.90. The predicted octanol–water partition coefficient (Wildman–Crippen LogP) is 1.76. The van der Waals surface area contributed by atoms with E-state index in [0.717, 1.165) is 11.3 Å². The van der Waals surface area contributed by atoms with E-state index in [9.17, 15) is 15.0 Å². The molecule has 2 aromatic rings. The van der Waals surface area contributed by atoms with Gasteiger partial charge in [0, 0.05) is 18.2 Å². The maximum atomic E-state index is 11.5. The smallest absolute Gasteiger partial charge is 0.356 e. The van der Waals surface area contributed by atoms with E-state index < -0.39 is 12.1 Å². The first-order valence-corrected chi connectivity index (χ1v) is 7.25. The monoisotopic (exact) mass is 301 g/mol. The zero-order valence-electron chi connectivity index (χ0n) is 12.9. The Morgan fingerprint density at radius 3 is 2.82 bits per heavy atom. The minimum absolute atomic E-state index is 0.00727. The summed E-state index contributed by atoms with van der Waals surface area (Å²) >= 11 is 0. The molecule has 1 unspecified atom stereocenters. The first-order chi connectivity index (χ1) is 10.3. The van der Waals surface area contributed by atoms with E-state index in [2.05, 4.69) is 10.1 Å². The average molecular weight is 301 g/mol. The number of fused-ring (bicyclic) bond motifs is 1. The van der Waals surface area contributed by atoms with Gasteiger partial charge < -0.3 is 10.2 Å². The van der Waals surface area contributed by atoms with E-state index in [1.807, 2.05) is 32.9 Å². The molecule has 2 heterocycles. The molecule has 116 valence electrons. The van der Waals surface area contributed by atoms with Crippen LogP contribution >= 0.6 is 0 Å². The number of aromatic nitrogens is 3. The van der Waals surface area contributed by atoms with Crippen LogP contribution in [-0.2, 0) is 12.8 Å². The zero-order valence-corrected chi connectivity index (χ0v) is 12.9. The van der Waals surface area contributed by atoms with Crippen LogP contribution in [0.15, 0.2) is 18.3 Å². The lowest BCUT2D eigenvalue weighted by atomic mass is 9.74. The van der Waals surface area contributed by atoms with Gasteiger partial charge >= 0.3 is 5.97 Å². The Morgan fingerprint density at radius 2 is 2.18 bits per heavy atom. The topological polar surface area (TPSA) is 88.2 Å². The third kappa shape index (κ3) is 2.29. The molecule has 0 aliphatic heterocycles. The first kappa shape index (κ1) is 14.7. The van der Waals surface area contributed by atoms with Crippen molar-refractivity contribution in [2.75, 3.05) is 0 Å². The van der Waals surface area contributed by atoms with E-state index in [0.29, 0.717) is 24.2 Å². The van der Waals surface area contributed by atoms with E-state index in [1.54, 1.807) is 10.9 Å². The highest BCUT2D eigenvalue weighted by Gasteiger charge is 2.39. The Bertz CT molecular complexity index is 749. The summed E-state index contributed by atoms with van der Waals surface area (Å²) in [4.78, 5) is 15.8. The number of carbonyl (C=O) groups is 1. The minimum Gasteiger partial charge on any atom is -0.476 e. The number of rotatable bonds is 2. The molecule has 1 aliphatic rings. The van der Waals surface area contributed by atoms with Crippen molar-refractivity contribution in [3.63, 3.8) is 0 Å². The van der Waals surface area contributed by atoms with Crippen molar-refractivity contribution < 1.29 is 15.0 Å². The van der Waals surface area contributed by atoms with Crippen LogP contribution < -0.4 is 0 Å². The largest absolute Gasteiger partial charge is 0.476 e. The Kier molecular flexibility index (Phi) is 3.29. The third-order valence-electron chi connectivity index (χ3n) is 4.33. The maximum absolute atomic E-state index is 11.5. The molecule has 6 nitrogen and oxygen atoms in total. The molecule has 2 N–H and O–H groups in total. The van der Waals surface area contributed by atoms with Crippen LogP contribution in [0.3, 0.4) is 0 Å². The summed E-state index contributed by atoms with van der Waals surface area (Å²) in [6, 6.07) is 3.75. The Labute approximate surface area is 128 Å². The van der Waals surface area contributed by atoms with Crippen molar-refractivity contribution >= 4 is 5.97 Å². The van der Waals surface area contributed by atoms with Gasteiger partial charge in [-0.3, -0.25) is 0 Å². The van der Waals surface area contributed by atoms with Crippen LogP contribution in [-0.4, -0.2) is 37.1 Å². The predicted molar refractivity (Wildman–Crippen MR) is 80.3 cm³/mol. The second-order valence-corrected chi connectivity index (χ2v) is 6.57. The molecule has 3 rings (SSSR count). The molecule has 0 bridgehead atoms. The van der Waals surface area contributed by atoms with Crippen LogP contribution in [0.2, 0.25) is 0 Å². The van der Waals surface area contributed by atoms with Gasteiger partial charge in [-0.1, -0.05) is 13.8 Å². The number of nitrogens with zero attached hydrogens (tertiary/aromatic N) is 3. The number of carboxylic acids is 1. The molecule has 6 heteroatoms. The fraction of sp³-hybridized carbons (Fsp3) is 0.438. The molecule has 0 radical (unpaired) electrons. The van der Waals surface area contributed by atoms with Crippen LogP contribution in [0, 0.1) is 12.3 Å². The van der Waals surface area contributed by atoms with Crippen molar-refractivity contribution in [2.45, 2.75) is 39.7 Å². The normalized spacial score (nSPS) is 19.7. The highest BCUT2D eigenvalue weighted by Crippen LogP contribution is 2.37. The highest BCUT2D eigenvalue weighted by atomic mass is 16.4. The molecule has 1 aliphatic carbocycles. The minimum atomic E-state index is -1.07. The van der Waals surface area contributed by atoms with Crippen LogP contribution in [0.25, 0.3) is 5.82 Å². The lowest BCUT2D eigenvalue weighted by Gasteiger charge is -2.35. The quantitative estimate of drug-likeness (QED) is 0.882. The SMILES string of the molecule is Cc1ccnc(-n2nc(C(=O)O)c3c2CC(C)(C)C(O)C3)c1. The number of hydrogen-bond donors (Lipinski definition) is 2. The van der Waals surface area contributed by atoms with Gasteiger partial charge in [-0.25, -0.2) is 14.5 Å². The Balaban J connectivity index is 2.21. The zero-order chi connectivity index (χ0) is 16.1. The van der Waals surface area contributed by atoms with Gasteiger partial charge in [-0.15, -0.1) is 0 Å². The van der Waals surface area contributed by atoms with Gasteiger partial charge in [0.15, 0.2) is 11.5 Å². The van der Waals surface area contributed by atoms with Crippen molar-refractivity contribution in [1.82, 2.24) is 14.8 Å². The second-order valence-electron chi connectivity index (χ2n) is 6.57. The van der Waals surface area contributed by atoms with E-state index >= 15 is 0 Å². The summed E-state index contributed by atoms with van der Waals surface area (Å²) in [6.07, 6.45) is 1.96. The summed E-state index contributed by atoms with van der Waals surface area (Å²) in [5.41, 5.74) is 2.15. The number of hydrogen-bond acceptors (Lipinski definition) is 4. The molecule has 0 saturated carbocycles. The molecule has 22 heavy (non-hydrogen) atoms. The average Bonchev–Trinajstić information content (AvgIpc) is 2.77. The maximum Gasteiger partial charge on any atom is 0.356 e. The number of aliphatic hydroxyl groups excluding tert-OH is 1. The summed E-state index contributed by atoms with van der Waals surface area (Å²) in [5.74, 6) is -0.467. The molecule has 0 spiro atoms. The Hall–Kier alpha value is -2.21. The fourth-order valence-electron chi connectivity index (χ4n) is 2.90. The molecule has 0 fully saturated rings. The molecular formula is C16H19N3O3. The van der Waals surface area contributed by atoms with E-state index in [-0.39, 0.29) is 11.1 Å². The molecule has 0 amide bonds. The second kappa shape index (κ2) is 4.91. The van der Waals surface area contributed by atoms with E-state index in [1.165, 1.54) is 0 Å². The van der Waals surface area contributed by atoms with E-state index in [4.69, 9.17) is 0 Å². The number of pyridine rings is 1. The summed E-state index contributed by atoms with van der Waals surface area (Å²) in [5, 5.41) is 23.9. The van der Waals surface area contributed by atoms with Gasteiger partial charge in [0.05, 0.1) is 11.8 Å². The molecule has 0 saturated heterocycles. The lowest BCUT2D eigenvalue weighted by Crippen LogP contribution is -2.38. The van der Waals surface area contributed by atoms with Gasteiger partial charge in [0.25, 0.3) is 0 Å². The number of carboxylic acid groups (broad SMARTS) is 1. The van der Waals surface area contributed by atoms with Crippen molar-refractivity contribution in [3.8, 4) is 5.82 Å². The Morgan fingerprint density at radius 1 is 1.45 bits per heavy atom. The summed E-state index contributed by atoms with van der Waals surface area (Å²) < 4.78 is 1.61. The molecule has 2 aromatic heterocycles. The lowest BCUT2D eigenvalue weighted by molar-refractivity contribution is 0.0408. The van der Waals surface area contributed by atoms with Crippen LogP contribution in [0.5, 0.6) is 0 Å². The molecule has 1 atom stereocenters. The van der Waals surface area contributed by atoms with Crippen molar-refractivity contribution in [1.29, 1.82) is 0 Å². The molecule has 0 aromatic carbocycles. The highest BCUT2D eigenvalue weighted by molar-refractivity contribution is 5.87. The van der Waals surface area contributed by atoms with Gasteiger partial charge in [-0.2, -0.15) is 5.10 Å². The van der Waals surface area contributed by atoms with Gasteiger partial charge in [0.1, 0.15) is 0 Å². The summed E-state index contributed by atoms with van der Waals surface area (Å²) in [7, 11) is 0. The van der Waals surface area contributed by atoms with Gasteiger partial charge in [0.2, 0.25) is 0 Å². The first-order valence-electron chi connectivity index (χ1n) is 7.25. The van der Waals surface area contributed by atoms with Crippen LogP contribution in [0.1, 0.15) is 41.2 Å². The van der Waals surface area contributed by atoms with Crippen LogP contribution in [0.4, 0.5) is 0 Å². The van der Waals surface area contributed by atoms with Crippen molar-refractivity contribution in [3.05, 3.63) is 40.8 Å². The number of aliphatic hydroxyl groups is 1. The third-order valence-corrected chi connectivity index (χ3v) is 4.33. The standard InChI is InChI=1S/C16H19N3O3/c1-9-4-5-17-13(6-9)19-11-8-16(2,3)12(20)7-10(11)14(18-19)15(21)22/h4-6,12,20H,7-8H2,1-3H3,(H,21,22). The number of aryl methyl sites for hydroxylation is 1. The van der Waals surface area contributed by atoms with Crippen molar-refractivity contribution in [2.24, 2.45) is 5.41 Å². The molecular weight excluding hydrogens is 282 g/mol. The van der Waals surface area contributed by atoms with Gasteiger partial charge in [-0.05, 0) is 36.5 Å².